The molecular formula is C16H24F3N. The summed E-state index contributed by atoms with van der Waals surface area (Å²) in [5.74, 6) is 0.675. The molecule has 0 N–H and O–H groups in total. The Morgan fingerprint density at radius 2 is 1.65 bits per heavy atom. The molecule has 4 heteroatoms. The number of benzene rings is 1. The number of nitrogens with zero attached hydrogens (tertiary/aromatic N) is 1. The van der Waals surface area contributed by atoms with Gasteiger partial charge in [0.15, 0.2) is 0 Å². The van der Waals surface area contributed by atoms with Crippen molar-refractivity contribution in [2.75, 3.05) is 18.0 Å². The Hall–Kier alpha value is -1.19. The zero-order valence-electron chi connectivity index (χ0n) is 12.7. The van der Waals surface area contributed by atoms with E-state index in [1.54, 1.807) is 12.1 Å². The monoisotopic (exact) mass is 287 g/mol. The highest BCUT2D eigenvalue weighted by Gasteiger charge is 2.33. The summed E-state index contributed by atoms with van der Waals surface area (Å²) in [7, 11) is 0. The van der Waals surface area contributed by atoms with E-state index in [-0.39, 0.29) is 5.56 Å². The zero-order chi connectivity index (χ0) is 15.3. The maximum atomic E-state index is 12.8. The van der Waals surface area contributed by atoms with Crippen molar-refractivity contribution in [3.63, 3.8) is 0 Å². The van der Waals surface area contributed by atoms with Crippen LogP contribution in [0.15, 0.2) is 18.2 Å². The Morgan fingerprint density at radius 3 is 2.15 bits per heavy atom. The Labute approximate surface area is 119 Å². The van der Waals surface area contributed by atoms with Crippen molar-refractivity contribution in [2.45, 2.75) is 46.7 Å². The number of rotatable bonds is 1. The lowest BCUT2D eigenvalue weighted by atomic mass is 9.98. The van der Waals surface area contributed by atoms with Crippen molar-refractivity contribution in [3.8, 4) is 0 Å². The smallest absolute Gasteiger partial charge is 0.372 e. The van der Waals surface area contributed by atoms with E-state index in [1.165, 1.54) is 13.0 Å². The number of hydrogen-bond donors (Lipinski definition) is 0. The molecule has 1 saturated heterocycles. The Bertz CT molecular complexity index is 418. The fourth-order valence-electron chi connectivity index (χ4n) is 2.38. The number of halogens is 3. The molecule has 114 valence electrons. The number of hydrogen-bond acceptors (Lipinski definition) is 1. The Morgan fingerprint density at radius 1 is 1.10 bits per heavy atom. The van der Waals surface area contributed by atoms with Gasteiger partial charge in [-0.1, -0.05) is 26.8 Å². The number of anilines is 1. The molecule has 1 aromatic rings. The summed E-state index contributed by atoms with van der Waals surface area (Å²) in [6.07, 6.45) is -2.16. The molecule has 0 radical (unpaired) electrons. The lowest BCUT2D eigenvalue weighted by Crippen LogP contribution is -2.32. The van der Waals surface area contributed by atoms with Gasteiger partial charge in [-0.15, -0.1) is 0 Å². The second kappa shape index (κ2) is 7.00. The second-order valence-electron chi connectivity index (χ2n) is 5.17. The van der Waals surface area contributed by atoms with Crippen LogP contribution in [0.25, 0.3) is 0 Å². The highest BCUT2D eigenvalue weighted by Crippen LogP contribution is 2.35. The summed E-state index contributed by atoms with van der Waals surface area (Å²) in [6, 6.07) is 4.64. The Kier molecular flexibility index (Phi) is 5.90. The maximum Gasteiger partial charge on any atom is 0.416 e. The molecule has 1 fully saturated rings. The van der Waals surface area contributed by atoms with Crippen LogP contribution in [0.4, 0.5) is 18.9 Å². The molecule has 1 nitrogen and oxygen atoms in total. The summed E-state index contributed by atoms with van der Waals surface area (Å²) >= 11 is 0. The molecule has 2 rings (SSSR count). The van der Waals surface area contributed by atoms with Gasteiger partial charge in [-0.3, -0.25) is 0 Å². The molecule has 0 aromatic heterocycles. The molecule has 1 aromatic carbocycles. The average Bonchev–Trinajstić information content (AvgIpc) is 2.41. The van der Waals surface area contributed by atoms with Crippen molar-refractivity contribution < 1.29 is 13.2 Å². The molecule has 0 saturated carbocycles. The molecule has 0 spiro atoms. The van der Waals surface area contributed by atoms with Crippen molar-refractivity contribution in [1.29, 1.82) is 0 Å². The Balaban J connectivity index is 0.000000956. The molecule has 1 aliphatic rings. The van der Waals surface area contributed by atoms with Gasteiger partial charge < -0.3 is 4.90 Å². The number of aryl methyl sites for hydroxylation is 1. The van der Waals surface area contributed by atoms with Gasteiger partial charge in [0.05, 0.1) is 5.56 Å². The van der Waals surface area contributed by atoms with Gasteiger partial charge in [0.25, 0.3) is 0 Å². The molecule has 0 bridgehead atoms. The van der Waals surface area contributed by atoms with Crippen molar-refractivity contribution in [1.82, 2.24) is 0 Å². The van der Waals surface area contributed by atoms with Crippen molar-refractivity contribution in [2.24, 2.45) is 5.92 Å². The van der Waals surface area contributed by atoms with Crippen LogP contribution in [0.5, 0.6) is 0 Å². The number of piperidine rings is 1. The summed E-state index contributed by atoms with van der Waals surface area (Å²) in [5, 5.41) is 0. The summed E-state index contributed by atoms with van der Waals surface area (Å²) < 4.78 is 38.5. The summed E-state index contributed by atoms with van der Waals surface area (Å²) in [6.45, 7) is 9.39. The summed E-state index contributed by atoms with van der Waals surface area (Å²) in [4.78, 5) is 2.05. The van der Waals surface area contributed by atoms with E-state index in [0.717, 1.165) is 25.9 Å². The fourth-order valence-corrected chi connectivity index (χ4v) is 2.38. The van der Waals surface area contributed by atoms with Gasteiger partial charge in [-0.25, -0.2) is 0 Å². The minimum absolute atomic E-state index is 0.289. The van der Waals surface area contributed by atoms with E-state index in [4.69, 9.17) is 0 Å². The quantitative estimate of drug-likeness (QED) is 0.679. The molecule has 0 unspecified atom stereocenters. The van der Waals surface area contributed by atoms with Crippen LogP contribution >= 0.6 is 0 Å². The predicted molar refractivity (Wildman–Crippen MR) is 78.1 cm³/mol. The van der Waals surface area contributed by atoms with Crippen LogP contribution in [0.3, 0.4) is 0 Å². The van der Waals surface area contributed by atoms with Crippen LogP contribution in [0.2, 0.25) is 0 Å². The third-order valence-electron chi connectivity index (χ3n) is 3.68. The molecule has 1 heterocycles. The first-order valence-electron chi connectivity index (χ1n) is 7.30. The first kappa shape index (κ1) is 16.9. The third kappa shape index (κ3) is 4.15. The normalized spacial score (nSPS) is 16.6. The molecule has 0 amide bonds. The van der Waals surface area contributed by atoms with E-state index in [2.05, 4.69) is 11.8 Å². The largest absolute Gasteiger partial charge is 0.416 e. The van der Waals surface area contributed by atoms with E-state index < -0.39 is 11.7 Å². The third-order valence-corrected chi connectivity index (χ3v) is 3.68. The van der Waals surface area contributed by atoms with E-state index in [9.17, 15) is 13.2 Å². The standard InChI is InChI=1S/C14H18F3N.C2H6/c1-10-5-7-18(8-6-10)12-4-3-11(2)13(9-12)14(15,16)17;1-2/h3-4,9-10H,5-8H2,1-2H3;1-2H3. The number of alkyl halides is 3. The topological polar surface area (TPSA) is 3.24 Å². The molecular weight excluding hydrogens is 263 g/mol. The lowest BCUT2D eigenvalue weighted by Gasteiger charge is -2.32. The summed E-state index contributed by atoms with van der Waals surface area (Å²) in [5.41, 5.74) is 0.468. The minimum atomic E-state index is -4.26. The van der Waals surface area contributed by atoms with Gasteiger partial charge in [0.2, 0.25) is 0 Å². The van der Waals surface area contributed by atoms with Crippen molar-refractivity contribution >= 4 is 5.69 Å². The zero-order valence-corrected chi connectivity index (χ0v) is 12.7. The van der Waals surface area contributed by atoms with Crippen LogP contribution in [0, 0.1) is 12.8 Å². The van der Waals surface area contributed by atoms with Crippen LogP contribution in [-0.2, 0) is 6.18 Å². The van der Waals surface area contributed by atoms with E-state index >= 15 is 0 Å². The predicted octanol–water partition coefficient (Wildman–Crippen LogP) is 5.28. The van der Waals surface area contributed by atoms with Crippen LogP contribution in [0.1, 0.15) is 44.7 Å². The molecule has 20 heavy (non-hydrogen) atoms. The van der Waals surface area contributed by atoms with Gasteiger partial charge in [0.1, 0.15) is 0 Å². The minimum Gasteiger partial charge on any atom is -0.372 e. The second-order valence-corrected chi connectivity index (χ2v) is 5.17. The maximum absolute atomic E-state index is 12.8. The average molecular weight is 287 g/mol. The first-order chi connectivity index (χ1) is 9.38. The van der Waals surface area contributed by atoms with Gasteiger partial charge in [-0.05, 0) is 43.4 Å². The fraction of sp³-hybridized carbons (Fsp3) is 0.625. The van der Waals surface area contributed by atoms with E-state index in [0.29, 0.717) is 11.6 Å². The SMILES string of the molecule is CC.Cc1ccc(N2CCC(C)CC2)cc1C(F)(F)F. The van der Waals surface area contributed by atoms with Crippen LogP contribution < -0.4 is 4.90 Å². The van der Waals surface area contributed by atoms with Gasteiger partial charge in [0, 0.05) is 18.8 Å². The first-order valence-corrected chi connectivity index (χ1v) is 7.30. The molecule has 0 aliphatic carbocycles. The van der Waals surface area contributed by atoms with Gasteiger partial charge in [-0.2, -0.15) is 13.2 Å². The van der Waals surface area contributed by atoms with Crippen molar-refractivity contribution in [3.05, 3.63) is 29.3 Å². The molecule has 1 aliphatic heterocycles. The van der Waals surface area contributed by atoms with Gasteiger partial charge >= 0.3 is 6.18 Å². The highest BCUT2D eigenvalue weighted by atomic mass is 19.4. The highest BCUT2D eigenvalue weighted by molar-refractivity contribution is 5.52. The van der Waals surface area contributed by atoms with Crippen LogP contribution in [-0.4, -0.2) is 13.1 Å². The molecule has 0 atom stereocenters. The lowest BCUT2D eigenvalue weighted by molar-refractivity contribution is -0.138. The van der Waals surface area contributed by atoms with E-state index in [1.807, 2.05) is 13.8 Å².